The molecule has 2 aromatic rings. The maximum atomic E-state index is 12.6. The molecule has 3 heterocycles. The number of nitrogens with zero attached hydrogens (tertiary/aromatic N) is 4. The minimum Gasteiger partial charge on any atom is -0.311 e. The van der Waals surface area contributed by atoms with E-state index in [2.05, 4.69) is 28.2 Å². The average molecular weight is 296 g/mol. The van der Waals surface area contributed by atoms with Gasteiger partial charge in [0.05, 0.1) is 12.6 Å². The number of likely N-dealkylation sites (tertiary alicyclic amines) is 1. The predicted molar refractivity (Wildman–Crippen MR) is 84.8 cm³/mol. The Labute approximate surface area is 130 Å². The summed E-state index contributed by atoms with van der Waals surface area (Å²) < 4.78 is 1.98. The van der Waals surface area contributed by atoms with Crippen LogP contribution in [0.4, 0.5) is 5.69 Å². The molecule has 0 unspecified atom stereocenters. The first-order chi connectivity index (χ1) is 10.8. The molecule has 114 valence electrons. The molecule has 0 saturated carbocycles. The van der Waals surface area contributed by atoms with Gasteiger partial charge in [-0.25, -0.2) is 0 Å². The Morgan fingerprint density at radius 3 is 2.91 bits per heavy atom. The third kappa shape index (κ3) is 2.41. The van der Waals surface area contributed by atoms with Crippen molar-refractivity contribution in [2.75, 3.05) is 31.1 Å². The molecule has 0 bridgehead atoms. The highest BCUT2D eigenvalue weighted by Gasteiger charge is 2.32. The second kappa shape index (κ2) is 5.57. The Bertz CT molecular complexity index is 661. The zero-order valence-electron chi connectivity index (χ0n) is 12.6. The number of carbonyl (C=O) groups excluding carboxylic acids is 1. The Kier molecular flexibility index (Phi) is 3.42. The van der Waals surface area contributed by atoms with Crippen molar-refractivity contribution < 1.29 is 4.79 Å². The van der Waals surface area contributed by atoms with Crippen molar-refractivity contribution in [2.45, 2.75) is 18.9 Å². The molecule has 5 heteroatoms. The van der Waals surface area contributed by atoms with E-state index in [1.54, 1.807) is 6.20 Å². The van der Waals surface area contributed by atoms with Gasteiger partial charge in [0.15, 0.2) is 0 Å². The topological polar surface area (TPSA) is 41.4 Å². The van der Waals surface area contributed by atoms with Crippen LogP contribution in [-0.4, -0.2) is 46.8 Å². The fourth-order valence-electron chi connectivity index (χ4n) is 3.40. The first-order valence-corrected chi connectivity index (χ1v) is 7.91. The molecule has 1 saturated heterocycles. The second-order valence-corrected chi connectivity index (χ2v) is 6.11. The predicted octanol–water partition coefficient (Wildman–Crippen LogP) is 1.72. The summed E-state index contributed by atoms with van der Waals surface area (Å²) in [5.41, 5.74) is 2.39. The first-order valence-electron chi connectivity index (χ1n) is 7.91. The van der Waals surface area contributed by atoms with Crippen LogP contribution in [0.1, 0.15) is 18.0 Å². The van der Waals surface area contributed by atoms with Crippen molar-refractivity contribution in [1.29, 1.82) is 0 Å². The number of rotatable bonds is 3. The maximum absolute atomic E-state index is 12.6. The molecule has 5 nitrogen and oxygen atoms in total. The van der Waals surface area contributed by atoms with E-state index in [0.29, 0.717) is 12.6 Å². The van der Waals surface area contributed by atoms with Gasteiger partial charge in [-0.3, -0.25) is 14.4 Å². The molecule has 0 radical (unpaired) electrons. The molecule has 0 atom stereocenters. The van der Waals surface area contributed by atoms with Gasteiger partial charge >= 0.3 is 0 Å². The number of fused-ring (bicyclic) bond motifs is 1. The fourth-order valence-corrected chi connectivity index (χ4v) is 3.40. The van der Waals surface area contributed by atoms with Crippen LogP contribution in [0.25, 0.3) is 0 Å². The molecule has 0 N–H and O–H groups in total. The molecular formula is C17H20N4O. The maximum Gasteiger partial charge on any atom is 0.241 e. The van der Waals surface area contributed by atoms with E-state index in [1.807, 2.05) is 27.9 Å². The quantitative estimate of drug-likeness (QED) is 0.866. The van der Waals surface area contributed by atoms with Crippen LogP contribution in [0.2, 0.25) is 0 Å². The lowest BCUT2D eigenvalue weighted by atomic mass is 10.0. The summed E-state index contributed by atoms with van der Waals surface area (Å²) in [6, 6.07) is 10.6. The Morgan fingerprint density at radius 1 is 1.23 bits per heavy atom. The summed E-state index contributed by atoms with van der Waals surface area (Å²) in [5.74, 6) is 0.214. The molecule has 1 fully saturated rings. The normalized spacial score (nSPS) is 18.8. The van der Waals surface area contributed by atoms with Gasteiger partial charge in [0, 0.05) is 37.7 Å². The summed E-state index contributed by atoms with van der Waals surface area (Å²) in [6.45, 7) is 3.16. The number of benzene rings is 1. The van der Waals surface area contributed by atoms with Crippen LogP contribution < -0.4 is 4.90 Å². The monoisotopic (exact) mass is 296 g/mol. The van der Waals surface area contributed by atoms with Gasteiger partial charge in [-0.2, -0.15) is 5.10 Å². The van der Waals surface area contributed by atoms with Crippen molar-refractivity contribution in [3.05, 3.63) is 48.3 Å². The summed E-state index contributed by atoms with van der Waals surface area (Å²) in [5, 5.41) is 4.27. The largest absolute Gasteiger partial charge is 0.311 e. The van der Waals surface area contributed by atoms with E-state index in [-0.39, 0.29) is 5.91 Å². The number of aromatic nitrogens is 2. The molecule has 2 aliphatic rings. The molecule has 2 aliphatic heterocycles. The van der Waals surface area contributed by atoms with E-state index in [4.69, 9.17) is 0 Å². The van der Waals surface area contributed by atoms with Gasteiger partial charge in [0.1, 0.15) is 0 Å². The summed E-state index contributed by atoms with van der Waals surface area (Å²) in [7, 11) is 0. The number of hydrogen-bond donors (Lipinski definition) is 0. The van der Waals surface area contributed by atoms with E-state index >= 15 is 0 Å². The molecule has 4 rings (SSSR count). The van der Waals surface area contributed by atoms with Crippen LogP contribution in [0.15, 0.2) is 42.7 Å². The van der Waals surface area contributed by atoms with Crippen LogP contribution in [0.5, 0.6) is 0 Å². The highest BCUT2D eigenvalue weighted by Crippen LogP contribution is 2.27. The smallest absolute Gasteiger partial charge is 0.241 e. The van der Waals surface area contributed by atoms with Gasteiger partial charge in [-0.1, -0.05) is 18.2 Å². The lowest BCUT2D eigenvalue weighted by Crippen LogP contribution is -2.52. The summed E-state index contributed by atoms with van der Waals surface area (Å²) in [4.78, 5) is 16.8. The number of hydrogen-bond acceptors (Lipinski definition) is 3. The minimum atomic E-state index is 0.214. The van der Waals surface area contributed by atoms with Gasteiger partial charge < -0.3 is 4.90 Å². The van der Waals surface area contributed by atoms with Crippen molar-refractivity contribution in [2.24, 2.45) is 0 Å². The number of para-hydroxylation sites is 1. The number of anilines is 1. The fraction of sp³-hybridized carbons (Fsp3) is 0.412. The van der Waals surface area contributed by atoms with Crippen LogP contribution in [0.3, 0.4) is 0 Å². The van der Waals surface area contributed by atoms with E-state index < -0.39 is 0 Å². The second-order valence-electron chi connectivity index (χ2n) is 6.11. The third-order valence-electron chi connectivity index (χ3n) is 4.61. The minimum absolute atomic E-state index is 0.214. The first kappa shape index (κ1) is 13.5. The van der Waals surface area contributed by atoms with Gasteiger partial charge in [-0.15, -0.1) is 0 Å². The molecule has 1 aromatic carbocycles. The molecule has 0 aliphatic carbocycles. The van der Waals surface area contributed by atoms with E-state index in [1.165, 1.54) is 5.56 Å². The SMILES string of the molecule is O=C(CN1CC(n2cccn2)C1)N1CCCc2ccccc21. The molecule has 1 amide bonds. The van der Waals surface area contributed by atoms with Crippen molar-refractivity contribution in [1.82, 2.24) is 14.7 Å². The summed E-state index contributed by atoms with van der Waals surface area (Å²) >= 11 is 0. The number of amides is 1. The Balaban J connectivity index is 1.38. The highest BCUT2D eigenvalue weighted by atomic mass is 16.2. The highest BCUT2D eigenvalue weighted by molar-refractivity contribution is 5.96. The molecule has 1 aromatic heterocycles. The number of aryl methyl sites for hydroxylation is 1. The molecule has 22 heavy (non-hydrogen) atoms. The van der Waals surface area contributed by atoms with Gasteiger partial charge in [0.2, 0.25) is 5.91 Å². The third-order valence-corrected chi connectivity index (χ3v) is 4.61. The number of carbonyl (C=O) groups is 1. The van der Waals surface area contributed by atoms with Crippen LogP contribution in [-0.2, 0) is 11.2 Å². The van der Waals surface area contributed by atoms with Crippen LogP contribution >= 0.6 is 0 Å². The molecule has 0 spiro atoms. The Morgan fingerprint density at radius 2 is 2.09 bits per heavy atom. The van der Waals surface area contributed by atoms with E-state index in [0.717, 1.165) is 38.2 Å². The van der Waals surface area contributed by atoms with Crippen molar-refractivity contribution >= 4 is 11.6 Å². The van der Waals surface area contributed by atoms with Gasteiger partial charge in [0.25, 0.3) is 0 Å². The lowest BCUT2D eigenvalue weighted by molar-refractivity contribution is -0.121. The Hall–Kier alpha value is -2.14. The molecular weight excluding hydrogens is 276 g/mol. The van der Waals surface area contributed by atoms with Gasteiger partial charge in [-0.05, 0) is 30.5 Å². The lowest BCUT2D eigenvalue weighted by Gasteiger charge is -2.40. The van der Waals surface area contributed by atoms with Crippen molar-refractivity contribution in [3.8, 4) is 0 Å². The standard InChI is InChI=1S/C17H20N4O/c22-17(13-19-11-15(12-19)21-10-4-8-18-21)20-9-3-6-14-5-1-2-7-16(14)20/h1-2,4-5,7-8,10,15H,3,6,9,11-13H2. The average Bonchev–Trinajstić information content (AvgIpc) is 3.03. The zero-order valence-corrected chi connectivity index (χ0v) is 12.6. The summed E-state index contributed by atoms with van der Waals surface area (Å²) in [6.07, 6.45) is 5.92. The van der Waals surface area contributed by atoms with E-state index in [9.17, 15) is 4.79 Å². The zero-order chi connectivity index (χ0) is 14.9. The van der Waals surface area contributed by atoms with Crippen LogP contribution in [0, 0.1) is 0 Å². The van der Waals surface area contributed by atoms with Crippen molar-refractivity contribution in [3.63, 3.8) is 0 Å².